The molecule has 0 spiro atoms. The Balaban J connectivity index is 1.36. The van der Waals surface area contributed by atoms with Crippen molar-refractivity contribution >= 4 is 46.7 Å². The SMILES string of the molecule is COc1cc(C(=O)NC2CCN(C)CC2)c(Cl)cc1Nc1ncc(Cl)c(Oc2cccc3c2C(=O)N[C@@H]3C)n1. The van der Waals surface area contributed by atoms with Crippen LogP contribution in [-0.4, -0.2) is 60.0 Å². The maximum atomic E-state index is 13.0. The summed E-state index contributed by atoms with van der Waals surface area (Å²) in [5.74, 6) is 0.441. The quantitative estimate of drug-likeness (QED) is 0.365. The zero-order valence-corrected chi connectivity index (χ0v) is 23.2. The first kappa shape index (κ1) is 27.0. The third kappa shape index (κ3) is 5.73. The highest BCUT2D eigenvalue weighted by molar-refractivity contribution is 6.34. The number of hydrogen-bond donors (Lipinski definition) is 3. The second-order valence-electron chi connectivity index (χ2n) is 9.57. The van der Waals surface area contributed by atoms with Crippen LogP contribution in [0.2, 0.25) is 10.0 Å². The number of aromatic nitrogens is 2. The van der Waals surface area contributed by atoms with Gasteiger partial charge in [-0.25, -0.2) is 4.98 Å². The predicted molar refractivity (Wildman–Crippen MR) is 149 cm³/mol. The van der Waals surface area contributed by atoms with Crippen LogP contribution in [-0.2, 0) is 0 Å². The fraction of sp³-hybridized carbons (Fsp3) is 0.333. The smallest absolute Gasteiger partial charge is 0.255 e. The summed E-state index contributed by atoms with van der Waals surface area (Å²) < 4.78 is 11.5. The number of carbonyl (C=O) groups excluding carboxylic acids is 2. The van der Waals surface area contributed by atoms with Crippen LogP contribution in [0.25, 0.3) is 0 Å². The Morgan fingerprint density at radius 2 is 1.92 bits per heavy atom. The molecule has 1 atom stereocenters. The van der Waals surface area contributed by atoms with Crippen LogP contribution in [0.5, 0.6) is 17.4 Å². The van der Waals surface area contributed by atoms with E-state index in [1.807, 2.05) is 13.0 Å². The van der Waals surface area contributed by atoms with Crippen LogP contribution in [0.15, 0.2) is 36.5 Å². The normalized spacial score (nSPS) is 17.4. The van der Waals surface area contributed by atoms with Gasteiger partial charge in [0.2, 0.25) is 11.8 Å². The summed E-state index contributed by atoms with van der Waals surface area (Å²) in [5, 5.41) is 9.39. The molecule has 0 aliphatic carbocycles. The minimum atomic E-state index is -0.258. The second kappa shape index (κ2) is 11.3. The first-order valence-electron chi connectivity index (χ1n) is 12.5. The van der Waals surface area contributed by atoms with E-state index in [9.17, 15) is 9.59 Å². The van der Waals surface area contributed by atoms with Crippen LogP contribution >= 0.6 is 23.2 Å². The molecule has 2 aliphatic rings. The van der Waals surface area contributed by atoms with E-state index in [-0.39, 0.29) is 45.8 Å². The average Bonchev–Trinajstić information content (AvgIpc) is 3.21. The lowest BCUT2D eigenvalue weighted by Crippen LogP contribution is -2.43. The summed E-state index contributed by atoms with van der Waals surface area (Å²) in [6.07, 6.45) is 3.14. The van der Waals surface area contributed by atoms with Gasteiger partial charge in [-0.1, -0.05) is 35.3 Å². The van der Waals surface area contributed by atoms with Gasteiger partial charge in [-0.15, -0.1) is 0 Å². The average molecular weight is 571 g/mol. The Kier molecular flexibility index (Phi) is 7.79. The van der Waals surface area contributed by atoms with Crippen molar-refractivity contribution in [2.75, 3.05) is 32.6 Å². The van der Waals surface area contributed by atoms with E-state index >= 15 is 0 Å². The van der Waals surface area contributed by atoms with E-state index in [1.54, 1.807) is 24.3 Å². The van der Waals surface area contributed by atoms with Gasteiger partial charge in [0.1, 0.15) is 16.5 Å². The molecule has 12 heteroatoms. The molecule has 204 valence electrons. The van der Waals surface area contributed by atoms with Crippen molar-refractivity contribution in [3.63, 3.8) is 0 Å². The van der Waals surface area contributed by atoms with E-state index in [0.717, 1.165) is 31.5 Å². The third-order valence-electron chi connectivity index (χ3n) is 6.85. The van der Waals surface area contributed by atoms with Crippen LogP contribution < -0.4 is 25.4 Å². The molecule has 2 aliphatic heterocycles. The predicted octanol–water partition coefficient (Wildman–Crippen LogP) is 4.96. The van der Waals surface area contributed by atoms with Gasteiger partial charge < -0.3 is 30.3 Å². The topological polar surface area (TPSA) is 118 Å². The number of benzene rings is 2. The van der Waals surface area contributed by atoms with E-state index in [2.05, 4.69) is 37.9 Å². The molecule has 10 nitrogen and oxygen atoms in total. The molecule has 3 N–H and O–H groups in total. The molecule has 2 aromatic carbocycles. The zero-order chi connectivity index (χ0) is 27.7. The highest BCUT2D eigenvalue weighted by atomic mass is 35.5. The maximum absolute atomic E-state index is 13.0. The Hall–Kier alpha value is -3.60. The molecule has 0 radical (unpaired) electrons. The fourth-order valence-corrected chi connectivity index (χ4v) is 5.08. The number of nitrogens with one attached hydrogen (secondary N) is 3. The van der Waals surface area contributed by atoms with E-state index in [1.165, 1.54) is 13.3 Å². The lowest BCUT2D eigenvalue weighted by molar-refractivity contribution is 0.0915. The molecular weight excluding hydrogens is 543 g/mol. The number of piperidine rings is 1. The first-order chi connectivity index (χ1) is 18.7. The van der Waals surface area contributed by atoms with Gasteiger partial charge in [-0.05, 0) is 63.7 Å². The minimum Gasteiger partial charge on any atom is -0.495 e. The summed E-state index contributed by atoms with van der Waals surface area (Å²) in [7, 11) is 3.56. The Morgan fingerprint density at radius 3 is 2.67 bits per heavy atom. The van der Waals surface area contributed by atoms with Crippen LogP contribution in [0.3, 0.4) is 0 Å². The summed E-state index contributed by atoms with van der Waals surface area (Å²) in [5.41, 5.74) is 2.03. The van der Waals surface area contributed by atoms with Crippen LogP contribution in [0.1, 0.15) is 52.1 Å². The second-order valence-corrected chi connectivity index (χ2v) is 10.4. The molecule has 0 saturated carbocycles. The monoisotopic (exact) mass is 570 g/mol. The van der Waals surface area contributed by atoms with Crippen LogP contribution in [0.4, 0.5) is 11.6 Å². The molecule has 5 rings (SSSR count). The molecule has 3 heterocycles. The number of carbonyl (C=O) groups is 2. The Bertz CT molecular complexity index is 1430. The van der Waals surface area contributed by atoms with Gasteiger partial charge >= 0.3 is 0 Å². The van der Waals surface area contributed by atoms with Crippen molar-refractivity contribution in [1.29, 1.82) is 0 Å². The van der Waals surface area contributed by atoms with Crippen molar-refractivity contribution in [3.8, 4) is 17.4 Å². The molecular formula is C27H28Cl2N6O4. The van der Waals surface area contributed by atoms with Crippen molar-refractivity contribution in [3.05, 3.63) is 63.3 Å². The van der Waals surface area contributed by atoms with Crippen molar-refractivity contribution in [2.45, 2.75) is 31.8 Å². The molecule has 1 fully saturated rings. The number of fused-ring (bicyclic) bond motifs is 1. The summed E-state index contributed by atoms with van der Waals surface area (Å²) in [6.45, 7) is 3.75. The van der Waals surface area contributed by atoms with E-state index in [0.29, 0.717) is 28.3 Å². The standard InChI is InChI=1S/C27H28Cl2N6O4/c1-14-16-5-4-6-21(23(16)25(37)31-14)39-26-19(29)13-30-27(34-26)33-20-12-18(28)17(11-22(20)38-3)24(36)32-15-7-9-35(2)10-8-15/h4-6,11-15H,7-10H2,1-3H3,(H,31,37)(H,32,36)(H,30,33,34)/t14-/m1/s1. The van der Waals surface area contributed by atoms with Crippen molar-refractivity contribution in [1.82, 2.24) is 25.5 Å². The van der Waals surface area contributed by atoms with Gasteiger partial charge in [0, 0.05) is 6.04 Å². The third-order valence-corrected chi connectivity index (χ3v) is 7.42. The highest BCUT2D eigenvalue weighted by Gasteiger charge is 2.29. The van der Waals surface area contributed by atoms with Crippen molar-refractivity contribution < 1.29 is 19.1 Å². The number of nitrogens with zero attached hydrogens (tertiary/aromatic N) is 3. The highest BCUT2D eigenvalue weighted by Crippen LogP contribution is 2.37. The van der Waals surface area contributed by atoms with Gasteiger partial charge in [0.05, 0.1) is 41.2 Å². The van der Waals surface area contributed by atoms with Crippen molar-refractivity contribution in [2.24, 2.45) is 0 Å². The number of amides is 2. The summed E-state index contributed by atoms with van der Waals surface area (Å²) in [4.78, 5) is 36.3. The largest absolute Gasteiger partial charge is 0.495 e. The number of rotatable bonds is 7. The summed E-state index contributed by atoms with van der Waals surface area (Å²) >= 11 is 12.8. The van der Waals surface area contributed by atoms with Gasteiger partial charge in [-0.2, -0.15) is 4.98 Å². The number of likely N-dealkylation sites (tertiary alicyclic amines) is 1. The molecule has 2 amide bonds. The minimum absolute atomic E-state index is 0.0640. The maximum Gasteiger partial charge on any atom is 0.255 e. The number of anilines is 2. The zero-order valence-electron chi connectivity index (χ0n) is 21.7. The molecule has 1 aromatic heterocycles. The summed E-state index contributed by atoms with van der Waals surface area (Å²) in [6, 6.07) is 8.48. The van der Waals surface area contributed by atoms with Gasteiger partial charge in [-0.3, -0.25) is 9.59 Å². The Labute approximate surface area is 236 Å². The molecule has 0 unspecified atom stereocenters. The lowest BCUT2D eigenvalue weighted by Gasteiger charge is -2.29. The van der Waals surface area contributed by atoms with Gasteiger partial charge in [0.15, 0.2) is 0 Å². The first-order valence-corrected chi connectivity index (χ1v) is 13.3. The van der Waals surface area contributed by atoms with Crippen LogP contribution in [0, 0.1) is 0 Å². The molecule has 0 bridgehead atoms. The fourth-order valence-electron chi connectivity index (χ4n) is 4.70. The van der Waals surface area contributed by atoms with E-state index < -0.39 is 0 Å². The molecule has 3 aromatic rings. The lowest BCUT2D eigenvalue weighted by atomic mass is 10.0. The molecule has 39 heavy (non-hydrogen) atoms. The number of methoxy groups -OCH3 is 1. The number of hydrogen-bond acceptors (Lipinski definition) is 8. The van der Waals surface area contributed by atoms with E-state index in [4.69, 9.17) is 32.7 Å². The molecule has 1 saturated heterocycles. The Morgan fingerprint density at radius 1 is 1.15 bits per heavy atom. The number of ether oxygens (including phenoxy) is 2. The number of halogens is 2. The van der Waals surface area contributed by atoms with Gasteiger partial charge in [0.25, 0.3) is 11.8 Å².